The zero-order chi connectivity index (χ0) is 54.5. The van der Waals surface area contributed by atoms with E-state index in [4.69, 9.17) is 14.5 Å². The number of nitrogens with zero attached hydrogens (tertiary/aromatic N) is 7. The second-order valence-electron chi connectivity index (χ2n) is 22.3. The van der Waals surface area contributed by atoms with Crippen molar-refractivity contribution in [1.29, 1.82) is 0 Å². The molecule has 4 aliphatic rings. The van der Waals surface area contributed by atoms with E-state index in [1.165, 1.54) is 11.3 Å². The minimum absolute atomic E-state index is 0.119. The molecule has 0 bridgehead atoms. The highest BCUT2D eigenvalue weighted by Crippen LogP contribution is 2.40. The number of aromatic nitrogens is 4. The summed E-state index contributed by atoms with van der Waals surface area (Å²) in [5.74, 6) is -3.56. The highest BCUT2D eigenvalue weighted by molar-refractivity contribution is 7.22. The van der Waals surface area contributed by atoms with Crippen LogP contribution < -0.4 is 25.2 Å². The van der Waals surface area contributed by atoms with Gasteiger partial charge in [0.2, 0.25) is 11.8 Å². The molecule has 406 valence electrons. The van der Waals surface area contributed by atoms with Crippen LogP contribution in [-0.2, 0) is 34.3 Å². The van der Waals surface area contributed by atoms with Crippen LogP contribution in [-0.4, -0.2) is 105 Å². The van der Waals surface area contributed by atoms with E-state index in [0.717, 1.165) is 49.1 Å². The molecule has 2 saturated heterocycles. The molecule has 3 fully saturated rings. The van der Waals surface area contributed by atoms with Crippen molar-refractivity contribution in [2.45, 2.75) is 109 Å². The van der Waals surface area contributed by atoms with Gasteiger partial charge in [-0.15, -0.1) is 0 Å². The molecule has 3 aliphatic heterocycles. The number of thiazole rings is 1. The molecule has 2 N–H and O–H groups in total. The summed E-state index contributed by atoms with van der Waals surface area (Å²) in [6.45, 7) is 10.4. The van der Waals surface area contributed by atoms with Crippen LogP contribution in [0.5, 0.6) is 5.75 Å². The lowest BCUT2D eigenvalue weighted by molar-refractivity contribution is -0.134. The number of benzene rings is 4. The molecule has 1 aliphatic carbocycles. The number of amides is 3. The maximum Gasteiger partial charge on any atom is 0.358 e. The number of piperazine rings is 1. The molecule has 0 spiro atoms. The van der Waals surface area contributed by atoms with Crippen molar-refractivity contribution in [2.24, 2.45) is 13.0 Å². The van der Waals surface area contributed by atoms with E-state index in [-0.39, 0.29) is 54.8 Å². The van der Waals surface area contributed by atoms with Crippen LogP contribution in [0.25, 0.3) is 32.2 Å². The predicted molar refractivity (Wildman–Crippen MR) is 299 cm³/mol. The van der Waals surface area contributed by atoms with Crippen molar-refractivity contribution < 1.29 is 37.4 Å². The molecule has 4 aromatic carbocycles. The number of para-hydroxylation sites is 1. The van der Waals surface area contributed by atoms with E-state index in [0.29, 0.717) is 111 Å². The van der Waals surface area contributed by atoms with Crippen LogP contribution in [0.3, 0.4) is 0 Å². The summed E-state index contributed by atoms with van der Waals surface area (Å²) in [5.41, 5.74) is 7.47. The highest BCUT2D eigenvalue weighted by Gasteiger charge is 2.38. The standard InChI is InChI=1S/C60H65F2N9O6S/c1-36-41(42-22-24-51(64-54(42)57(75)77-59(2,3)4)71-27-26-38-10-8-12-43(46(38)34-71)55(73)66-58-63-47-13-6-7-15-50(47)78-58)11-9-14-49(36)76-40-19-16-37(17-20-40)33-60(61,62)35-69-28-30-70(31-29-69)39-18-21-44-48(32-39)68(5)67-53(44)45-23-25-52(72)65-56(45)74/h6-15,18,21-22,24,32,37,40,45H,16-17,19-20,23,25-31,33-35H2,1-5H3,(H,63,66,73)(H,65,72,74). The number of ether oxygens (including phenoxy) is 2. The number of pyridine rings is 1. The van der Waals surface area contributed by atoms with Gasteiger partial charge in [-0.05, 0) is 149 Å². The number of hydrogen-bond donors (Lipinski definition) is 2. The van der Waals surface area contributed by atoms with Gasteiger partial charge in [0.15, 0.2) is 10.8 Å². The number of carbonyl (C=O) groups excluding carboxylic acids is 4. The Balaban J connectivity index is 0.709. The molecular weight excluding hydrogens is 1010 g/mol. The number of hydrogen-bond acceptors (Lipinski definition) is 13. The van der Waals surface area contributed by atoms with Crippen LogP contribution in [0, 0.1) is 12.8 Å². The molecule has 3 aromatic heterocycles. The molecule has 78 heavy (non-hydrogen) atoms. The summed E-state index contributed by atoms with van der Waals surface area (Å²) in [6.07, 6.45) is 3.66. The average Bonchev–Trinajstić information content (AvgIpc) is 4.08. The van der Waals surface area contributed by atoms with E-state index in [1.54, 1.807) is 4.68 Å². The lowest BCUT2D eigenvalue weighted by atomic mass is 9.83. The molecule has 18 heteroatoms. The van der Waals surface area contributed by atoms with Crippen LogP contribution in [0.4, 0.5) is 25.4 Å². The van der Waals surface area contributed by atoms with Crippen LogP contribution in [0.2, 0.25) is 0 Å². The zero-order valence-electron chi connectivity index (χ0n) is 44.7. The van der Waals surface area contributed by atoms with Gasteiger partial charge in [-0.2, -0.15) is 5.10 Å². The third kappa shape index (κ3) is 11.3. The fraction of sp³-hybridized carbons (Fsp3) is 0.417. The number of imide groups is 1. The summed E-state index contributed by atoms with van der Waals surface area (Å²) in [6, 6.07) is 29.2. The number of carbonyl (C=O) groups is 4. The highest BCUT2D eigenvalue weighted by atomic mass is 32.1. The van der Waals surface area contributed by atoms with Gasteiger partial charge < -0.3 is 19.3 Å². The van der Waals surface area contributed by atoms with Crippen LogP contribution in [0.15, 0.2) is 91.0 Å². The fourth-order valence-electron chi connectivity index (χ4n) is 11.7. The maximum absolute atomic E-state index is 15.9. The van der Waals surface area contributed by atoms with Gasteiger partial charge in [-0.3, -0.25) is 34.6 Å². The van der Waals surface area contributed by atoms with E-state index in [2.05, 4.69) is 36.6 Å². The first kappa shape index (κ1) is 52.7. The smallest absolute Gasteiger partial charge is 0.358 e. The van der Waals surface area contributed by atoms with Gasteiger partial charge in [0.1, 0.15) is 17.2 Å². The molecule has 0 radical (unpaired) electrons. The monoisotopic (exact) mass is 1080 g/mol. The molecule has 11 rings (SSSR count). The molecule has 7 aromatic rings. The van der Waals surface area contributed by atoms with Crippen molar-refractivity contribution in [3.63, 3.8) is 0 Å². The molecule has 3 amide bonds. The van der Waals surface area contributed by atoms with E-state index >= 15 is 8.78 Å². The Labute approximate surface area is 456 Å². The normalized spacial score (nSPS) is 19.4. The van der Waals surface area contributed by atoms with Crippen molar-refractivity contribution in [3.05, 3.63) is 125 Å². The first-order valence-corrected chi connectivity index (χ1v) is 27.9. The number of fused-ring (bicyclic) bond motifs is 3. The minimum Gasteiger partial charge on any atom is -0.490 e. The van der Waals surface area contributed by atoms with Gasteiger partial charge in [-0.1, -0.05) is 47.7 Å². The van der Waals surface area contributed by atoms with Gasteiger partial charge in [0.05, 0.1) is 40.0 Å². The van der Waals surface area contributed by atoms with Crippen LogP contribution >= 0.6 is 11.3 Å². The van der Waals surface area contributed by atoms with E-state index < -0.39 is 23.4 Å². The Hall–Kier alpha value is -7.31. The third-order valence-corrected chi connectivity index (χ3v) is 16.7. The first-order valence-electron chi connectivity index (χ1n) is 27.1. The van der Waals surface area contributed by atoms with Gasteiger partial charge in [-0.25, -0.2) is 23.5 Å². The zero-order valence-corrected chi connectivity index (χ0v) is 45.6. The second-order valence-corrected chi connectivity index (χ2v) is 23.4. The summed E-state index contributed by atoms with van der Waals surface area (Å²) >= 11 is 1.43. The lowest BCUT2D eigenvalue weighted by Gasteiger charge is -2.38. The number of aryl methyl sites for hydroxylation is 1. The van der Waals surface area contributed by atoms with Crippen molar-refractivity contribution >= 4 is 72.8 Å². The Morgan fingerprint density at radius 2 is 1.62 bits per heavy atom. The predicted octanol–water partition coefficient (Wildman–Crippen LogP) is 10.6. The molecule has 1 atom stereocenters. The van der Waals surface area contributed by atoms with Crippen molar-refractivity contribution in [3.8, 4) is 16.9 Å². The average molecular weight is 1080 g/mol. The Bertz CT molecular complexity index is 3410. The summed E-state index contributed by atoms with van der Waals surface area (Å²) in [4.78, 5) is 68.1. The van der Waals surface area contributed by atoms with Crippen molar-refractivity contribution in [1.82, 2.24) is 30.0 Å². The summed E-state index contributed by atoms with van der Waals surface area (Å²) in [5, 5.41) is 11.5. The third-order valence-electron chi connectivity index (χ3n) is 15.7. The largest absolute Gasteiger partial charge is 0.490 e. The molecule has 15 nitrogen and oxygen atoms in total. The lowest BCUT2D eigenvalue weighted by Crippen LogP contribution is -2.50. The molecule has 1 unspecified atom stereocenters. The Morgan fingerprint density at radius 1 is 0.833 bits per heavy atom. The first-order chi connectivity index (χ1) is 37.4. The number of rotatable bonds is 13. The number of piperidine rings is 1. The quantitative estimate of drug-likeness (QED) is 0.0831. The molecule has 1 saturated carbocycles. The molecule has 6 heterocycles. The Kier molecular flexibility index (Phi) is 14.5. The number of alkyl halides is 2. The van der Waals surface area contributed by atoms with E-state index in [1.807, 2.05) is 125 Å². The topological polar surface area (TPSA) is 164 Å². The second kappa shape index (κ2) is 21.5. The summed E-state index contributed by atoms with van der Waals surface area (Å²) < 4.78 is 47.1. The number of halogens is 2. The summed E-state index contributed by atoms with van der Waals surface area (Å²) in [7, 11) is 1.84. The number of anilines is 3. The minimum atomic E-state index is -2.84. The van der Waals surface area contributed by atoms with Gasteiger partial charge in [0, 0.05) is 81.4 Å². The SMILES string of the molecule is Cc1c(OC2CCC(CC(F)(F)CN3CCN(c4ccc5c(C6CCC(=O)NC6=O)nn(C)c5c4)CC3)CC2)cccc1-c1ccc(N2CCc3cccc(C(=O)Nc4nc5ccccc5s4)c3C2)nc1C(=O)OC(C)(C)C. The fourth-order valence-corrected chi connectivity index (χ4v) is 12.6. The Morgan fingerprint density at radius 3 is 2.38 bits per heavy atom. The van der Waals surface area contributed by atoms with Crippen LogP contribution in [0.1, 0.15) is 115 Å². The van der Waals surface area contributed by atoms with Gasteiger partial charge in [0.25, 0.3) is 11.8 Å². The maximum atomic E-state index is 15.9. The number of nitrogens with one attached hydrogen (secondary N) is 2. The van der Waals surface area contributed by atoms with E-state index in [9.17, 15) is 19.2 Å². The van der Waals surface area contributed by atoms with Crippen molar-refractivity contribution in [2.75, 3.05) is 54.4 Å². The number of esters is 1. The molecular formula is C60H65F2N9O6S. The van der Waals surface area contributed by atoms with Gasteiger partial charge >= 0.3 is 5.97 Å².